The van der Waals surface area contributed by atoms with Crippen LogP contribution in [0.3, 0.4) is 0 Å². The number of rotatable bonds is 6. The summed E-state index contributed by atoms with van der Waals surface area (Å²) in [5.41, 5.74) is 3.65. The number of nitrogens with one attached hydrogen (secondary N) is 2. The van der Waals surface area contributed by atoms with Crippen LogP contribution in [0.2, 0.25) is 0 Å². The van der Waals surface area contributed by atoms with E-state index in [2.05, 4.69) is 29.7 Å². The van der Waals surface area contributed by atoms with Gasteiger partial charge in [0.2, 0.25) is 5.91 Å². The zero-order chi connectivity index (χ0) is 15.0. The maximum Gasteiger partial charge on any atom is 0.271 e. The normalized spacial score (nSPS) is 10.8. The topological polar surface area (TPSA) is 70.6 Å². The van der Waals surface area contributed by atoms with E-state index in [1.807, 2.05) is 0 Å². The van der Waals surface area contributed by atoms with Gasteiger partial charge in [-0.3, -0.25) is 9.59 Å². The van der Waals surface area contributed by atoms with Gasteiger partial charge in [0, 0.05) is 23.9 Å². The Morgan fingerprint density at radius 1 is 1.25 bits per heavy atom. The first-order valence-corrected chi connectivity index (χ1v) is 6.74. The van der Waals surface area contributed by atoms with E-state index in [0.717, 1.165) is 6.42 Å². The Labute approximate surface area is 119 Å². The Balaban J connectivity index is 2.53. The molecule has 1 rings (SSSR count). The first-order valence-electron chi connectivity index (χ1n) is 6.74. The summed E-state index contributed by atoms with van der Waals surface area (Å²) in [6.07, 6.45) is 2.94. The molecule has 5 heteroatoms. The summed E-state index contributed by atoms with van der Waals surface area (Å²) in [6, 6.07) is 6.69. The van der Waals surface area contributed by atoms with Crippen molar-refractivity contribution in [3.63, 3.8) is 0 Å². The van der Waals surface area contributed by atoms with E-state index < -0.39 is 0 Å². The van der Waals surface area contributed by atoms with Crippen LogP contribution in [0, 0.1) is 5.92 Å². The highest BCUT2D eigenvalue weighted by Gasteiger charge is 2.04. The van der Waals surface area contributed by atoms with Gasteiger partial charge in [0.15, 0.2) is 0 Å². The van der Waals surface area contributed by atoms with Crippen LogP contribution in [0.15, 0.2) is 29.4 Å². The Hall–Kier alpha value is -2.17. The minimum atomic E-state index is -0.265. The van der Waals surface area contributed by atoms with Gasteiger partial charge >= 0.3 is 0 Å². The van der Waals surface area contributed by atoms with Crippen molar-refractivity contribution in [1.29, 1.82) is 0 Å². The SMILES string of the molecule is CCC(=O)Nc1ccc(C(=O)N/N=C/CC(C)C)cc1. The molecule has 0 bridgehead atoms. The van der Waals surface area contributed by atoms with E-state index >= 15 is 0 Å². The zero-order valence-corrected chi connectivity index (χ0v) is 12.1. The molecular weight excluding hydrogens is 254 g/mol. The van der Waals surface area contributed by atoms with Crippen molar-refractivity contribution in [2.45, 2.75) is 33.6 Å². The van der Waals surface area contributed by atoms with E-state index in [1.54, 1.807) is 37.4 Å². The molecule has 0 aromatic heterocycles. The Morgan fingerprint density at radius 2 is 1.90 bits per heavy atom. The molecule has 0 spiro atoms. The molecule has 0 saturated carbocycles. The van der Waals surface area contributed by atoms with E-state index in [4.69, 9.17) is 0 Å². The molecular formula is C15H21N3O2. The molecule has 0 fully saturated rings. The van der Waals surface area contributed by atoms with Crippen molar-refractivity contribution in [3.05, 3.63) is 29.8 Å². The number of hydrogen-bond donors (Lipinski definition) is 2. The summed E-state index contributed by atoms with van der Waals surface area (Å²) >= 11 is 0. The van der Waals surface area contributed by atoms with Crippen LogP contribution in [0.25, 0.3) is 0 Å². The monoisotopic (exact) mass is 275 g/mol. The van der Waals surface area contributed by atoms with Gasteiger partial charge in [-0.2, -0.15) is 5.10 Å². The fourth-order valence-corrected chi connectivity index (χ4v) is 1.39. The first-order chi connectivity index (χ1) is 9.52. The Kier molecular flexibility index (Phi) is 6.43. The van der Waals surface area contributed by atoms with Gasteiger partial charge in [-0.1, -0.05) is 20.8 Å². The van der Waals surface area contributed by atoms with Gasteiger partial charge in [0.05, 0.1) is 0 Å². The molecule has 2 N–H and O–H groups in total. The fraction of sp³-hybridized carbons (Fsp3) is 0.400. The van der Waals surface area contributed by atoms with Gasteiger partial charge in [-0.25, -0.2) is 5.43 Å². The number of carbonyl (C=O) groups is 2. The van der Waals surface area contributed by atoms with Crippen LogP contribution < -0.4 is 10.7 Å². The lowest BCUT2D eigenvalue weighted by Gasteiger charge is -2.04. The summed E-state index contributed by atoms with van der Waals surface area (Å²) in [5, 5.41) is 6.60. The average molecular weight is 275 g/mol. The van der Waals surface area contributed by atoms with Crippen molar-refractivity contribution >= 4 is 23.7 Å². The van der Waals surface area contributed by atoms with Gasteiger partial charge < -0.3 is 5.32 Å². The minimum absolute atomic E-state index is 0.0551. The third-order valence-electron chi connectivity index (χ3n) is 2.59. The second kappa shape index (κ2) is 8.09. The highest BCUT2D eigenvalue weighted by Crippen LogP contribution is 2.09. The van der Waals surface area contributed by atoms with E-state index in [9.17, 15) is 9.59 Å². The molecule has 0 aliphatic heterocycles. The van der Waals surface area contributed by atoms with Gasteiger partial charge in [0.25, 0.3) is 5.91 Å². The number of carbonyl (C=O) groups excluding carboxylic acids is 2. The molecule has 5 nitrogen and oxygen atoms in total. The maximum absolute atomic E-state index is 11.8. The molecule has 0 aliphatic carbocycles. The molecule has 108 valence electrons. The molecule has 0 heterocycles. The van der Waals surface area contributed by atoms with Crippen molar-refractivity contribution < 1.29 is 9.59 Å². The zero-order valence-electron chi connectivity index (χ0n) is 12.1. The van der Waals surface area contributed by atoms with Crippen molar-refractivity contribution in [1.82, 2.24) is 5.43 Å². The summed E-state index contributed by atoms with van der Waals surface area (Å²) in [4.78, 5) is 23.0. The molecule has 0 radical (unpaired) electrons. The number of anilines is 1. The molecule has 1 aromatic rings. The lowest BCUT2D eigenvalue weighted by Crippen LogP contribution is -2.17. The molecule has 0 unspecified atom stereocenters. The van der Waals surface area contributed by atoms with Crippen molar-refractivity contribution in [2.75, 3.05) is 5.32 Å². The quantitative estimate of drug-likeness (QED) is 0.619. The summed E-state index contributed by atoms with van der Waals surface area (Å²) in [7, 11) is 0. The predicted molar refractivity (Wildman–Crippen MR) is 80.8 cm³/mol. The standard InChI is InChI=1S/C15H21N3O2/c1-4-14(19)17-13-7-5-12(6-8-13)15(20)18-16-10-9-11(2)3/h5-8,10-11H,4,9H2,1-3H3,(H,17,19)(H,18,20)/b16-10+. The molecule has 0 saturated heterocycles. The predicted octanol–water partition coefficient (Wildman–Crippen LogP) is 2.80. The minimum Gasteiger partial charge on any atom is -0.326 e. The second-order valence-electron chi connectivity index (χ2n) is 4.86. The lowest BCUT2D eigenvalue weighted by molar-refractivity contribution is -0.115. The number of amides is 2. The molecule has 2 amide bonds. The van der Waals surface area contributed by atoms with Gasteiger partial charge in [0.1, 0.15) is 0 Å². The highest BCUT2D eigenvalue weighted by atomic mass is 16.2. The van der Waals surface area contributed by atoms with Crippen LogP contribution in [-0.4, -0.2) is 18.0 Å². The number of nitrogens with zero attached hydrogens (tertiary/aromatic N) is 1. The van der Waals surface area contributed by atoms with Crippen LogP contribution in [0.4, 0.5) is 5.69 Å². The smallest absolute Gasteiger partial charge is 0.271 e. The molecule has 0 aliphatic rings. The van der Waals surface area contributed by atoms with Crippen molar-refractivity contribution in [2.24, 2.45) is 11.0 Å². The van der Waals surface area contributed by atoms with E-state index in [-0.39, 0.29) is 11.8 Å². The molecule has 20 heavy (non-hydrogen) atoms. The fourth-order valence-electron chi connectivity index (χ4n) is 1.39. The maximum atomic E-state index is 11.8. The summed E-state index contributed by atoms with van der Waals surface area (Å²) in [5.74, 6) is 0.191. The lowest BCUT2D eigenvalue weighted by atomic mass is 10.2. The average Bonchev–Trinajstić information content (AvgIpc) is 2.43. The Bertz CT molecular complexity index is 478. The van der Waals surface area contributed by atoms with E-state index in [1.165, 1.54) is 0 Å². The molecule has 1 aromatic carbocycles. The van der Waals surface area contributed by atoms with Crippen LogP contribution >= 0.6 is 0 Å². The van der Waals surface area contributed by atoms with Gasteiger partial charge in [-0.05, 0) is 36.6 Å². The molecule has 0 atom stereocenters. The third kappa shape index (κ3) is 5.65. The van der Waals surface area contributed by atoms with E-state index in [0.29, 0.717) is 23.6 Å². The summed E-state index contributed by atoms with van der Waals surface area (Å²) < 4.78 is 0. The largest absolute Gasteiger partial charge is 0.326 e. The van der Waals surface area contributed by atoms with Gasteiger partial charge in [-0.15, -0.1) is 0 Å². The van der Waals surface area contributed by atoms with Crippen LogP contribution in [0.5, 0.6) is 0 Å². The Morgan fingerprint density at radius 3 is 2.45 bits per heavy atom. The van der Waals surface area contributed by atoms with Crippen LogP contribution in [-0.2, 0) is 4.79 Å². The second-order valence-corrected chi connectivity index (χ2v) is 4.86. The third-order valence-corrected chi connectivity index (χ3v) is 2.59. The number of hydrogen-bond acceptors (Lipinski definition) is 3. The highest BCUT2D eigenvalue weighted by molar-refractivity contribution is 5.95. The van der Waals surface area contributed by atoms with Crippen molar-refractivity contribution in [3.8, 4) is 0 Å². The number of hydrazone groups is 1. The van der Waals surface area contributed by atoms with Crippen LogP contribution in [0.1, 0.15) is 44.0 Å². The summed E-state index contributed by atoms with van der Waals surface area (Å²) in [6.45, 7) is 5.95. The first kappa shape index (κ1) is 15.9. The number of benzene rings is 1.